The van der Waals surface area contributed by atoms with E-state index in [4.69, 9.17) is 0 Å². The predicted molar refractivity (Wildman–Crippen MR) is 120 cm³/mol. The fourth-order valence-corrected chi connectivity index (χ4v) is 5.28. The molecule has 0 bridgehead atoms. The van der Waals surface area contributed by atoms with E-state index in [0.29, 0.717) is 6.54 Å². The fourth-order valence-electron chi connectivity index (χ4n) is 3.08. The lowest BCUT2D eigenvalue weighted by molar-refractivity contribution is -0.122. The van der Waals surface area contributed by atoms with Gasteiger partial charge < -0.3 is 5.32 Å². The summed E-state index contributed by atoms with van der Waals surface area (Å²) in [5.74, 6) is -0.317. The van der Waals surface area contributed by atoms with Crippen LogP contribution in [0.25, 0.3) is 0 Å². The number of carbonyl (C=O) groups excluding carboxylic acids is 1. The van der Waals surface area contributed by atoms with E-state index in [2.05, 4.69) is 28.2 Å². The summed E-state index contributed by atoms with van der Waals surface area (Å²) in [6.45, 7) is 0.505. The predicted octanol–water partition coefficient (Wildman–Crippen LogP) is 3.58. The van der Waals surface area contributed by atoms with Crippen molar-refractivity contribution in [3.8, 4) is 0 Å². The first-order valence-corrected chi connectivity index (χ1v) is 12.2. The monoisotopic (exact) mass is 441 g/mol. The Morgan fingerprint density at radius 1 is 0.967 bits per heavy atom. The molecule has 157 valence electrons. The van der Waals surface area contributed by atoms with Crippen LogP contribution in [-0.4, -0.2) is 26.9 Å². The number of nitrogens with one attached hydrogen (secondary N) is 2. The summed E-state index contributed by atoms with van der Waals surface area (Å²) >= 11 is 1.13. The lowest BCUT2D eigenvalue weighted by Crippen LogP contribution is -2.48. The first kappa shape index (κ1) is 22.2. The second-order valence-corrected chi connectivity index (χ2v) is 9.84. The number of amides is 1. The van der Waals surface area contributed by atoms with Gasteiger partial charge in [-0.1, -0.05) is 60.7 Å². The number of benzene rings is 2. The molecule has 1 aromatic heterocycles. The molecule has 5 nitrogen and oxygen atoms in total. The van der Waals surface area contributed by atoms with Gasteiger partial charge in [-0.25, -0.2) is 8.42 Å². The molecule has 7 heteroatoms. The Labute approximate surface area is 182 Å². The van der Waals surface area contributed by atoms with E-state index in [-0.39, 0.29) is 16.5 Å². The first-order chi connectivity index (χ1) is 14.5. The maximum atomic E-state index is 12.8. The second-order valence-electron chi connectivity index (χ2n) is 6.95. The van der Waals surface area contributed by atoms with Crippen molar-refractivity contribution in [1.29, 1.82) is 0 Å². The highest BCUT2D eigenvalue weighted by molar-refractivity contribution is 7.91. The van der Waals surface area contributed by atoms with Crippen LogP contribution in [0.1, 0.15) is 24.0 Å². The van der Waals surface area contributed by atoms with Crippen molar-refractivity contribution < 1.29 is 13.2 Å². The van der Waals surface area contributed by atoms with E-state index < -0.39 is 16.1 Å². The smallest absolute Gasteiger partial charge is 0.250 e. The minimum absolute atomic E-state index is 0.199. The molecule has 3 aromatic rings. The highest BCUT2D eigenvalue weighted by Gasteiger charge is 2.26. The molecule has 1 unspecified atom stereocenters. The summed E-state index contributed by atoms with van der Waals surface area (Å²) in [7, 11) is -3.75. The Morgan fingerprint density at radius 2 is 1.73 bits per heavy atom. The third kappa shape index (κ3) is 6.79. The highest BCUT2D eigenvalue weighted by Crippen LogP contribution is 2.17. The molecule has 0 spiro atoms. The summed E-state index contributed by atoms with van der Waals surface area (Å²) in [6, 6.07) is 22.6. The van der Waals surface area contributed by atoms with Crippen LogP contribution in [0, 0.1) is 6.07 Å². The molecule has 3 rings (SSSR count). The van der Waals surface area contributed by atoms with Gasteiger partial charge in [-0.05, 0) is 54.3 Å². The molecule has 1 amide bonds. The molecule has 2 N–H and O–H groups in total. The summed E-state index contributed by atoms with van der Waals surface area (Å²) in [6.07, 6.45) is 3.00. The zero-order valence-corrected chi connectivity index (χ0v) is 18.2. The van der Waals surface area contributed by atoms with Crippen molar-refractivity contribution in [2.24, 2.45) is 0 Å². The van der Waals surface area contributed by atoms with Gasteiger partial charge in [0.2, 0.25) is 5.91 Å². The van der Waals surface area contributed by atoms with Crippen LogP contribution < -0.4 is 10.0 Å². The Balaban J connectivity index is 1.57. The largest absolute Gasteiger partial charge is 0.355 e. The van der Waals surface area contributed by atoms with Crippen LogP contribution >= 0.6 is 11.3 Å². The Hall–Kier alpha value is -2.48. The molecule has 0 aliphatic rings. The van der Waals surface area contributed by atoms with Gasteiger partial charge in [0.05, 0.1) is 0 Å². The van der Waals surface area contributed by atoms with E-state index in [1.54, 1.807) is 23.6 Å². The molecule has 2 aromatic carbocycles. The minimum atomic E-state index is -3.75. The summed E-state index contributed by atoms with van der Waals surface area (Å²) in [5.41, 5.74) is 2.14. The molecule has 1 atom stereocenters. The van der Waals surface area contributed by atoms with Gasteiger partial charge in [0, 0.05) is 6.54 Å². The van der Waals surface area contributed by atoms with Crippen molar-refractivity contribution in [1.82, 2.24) is 10.0 Å². The molecular formula is C23H25N2O3S2. The standard InChI is InChI=1S/C23H25N2O3S2/c26-23(24-16-8-7-12-19-10-3-1-4-11-19)21(18-20-13-5-2-6-14-20)25-30(27,28)22-15-9-17-29-22/h1,3-6,9-11,13-15,17,21,25H,7-8,12,16,18H2,(H,24,26). The van der Waals surface area contributed by atoms with Crippen molar-refractivity contribution >= 4 is 27.3 Å². The minimum Gasteiger partial charge on any atom is -0.355 e. The Bertz CT molecular complexity index is 1010. The van der Waals surface area contributed by atoms with Crippen molar-refractivity contribution in [2.75, 3.05) is 6.54 Å². The molecule has 1 heterocycles. The number of rotatable bonds is 11. The summed E-state index contributed by atoms with van der Waals surface area (Å²) in [4.78, 5) is 12.8. The van der Waals surface area contributed by atoms with E-state index in [9.17, 15) is 13.2 Å². The van der Waals surface area contributed by atoms with Gasteiger partial charge in [0.15, 0.2) is 0 Å². The number of unbranched alkanes of at least 4 members (excludes halogenated alkanes) is 1. The van der Waals surface area contributed by atoms with Crippen molar-refractivity contribution in [3.05, 3.63) is 89.3 Å². The number of hydrogen-bond donors (Lipinski definition) is 2. The zero-order chi connectivity index (χ0) is 21.2. The average molecular weight is 442 g/mol. The molecule has 0 saturated heterocycles. The Morgan fingerprint density at radius 3 is 2.43 bits per heavy atom. The number of thiophene rings is 1. The van der Waals surface area contributed by atoms with Crippen LogP contribution in [-0.2, 0) is 27.7 Å². The van der Waals surface area contributed by atoms with Gasteiger partial charge in [0.1, 0.15) is 10.3 Å². The van der Waals surface area contributed by atoms with Gasteiger partial charge in [-0.15, -0.1) is 11.3 Å². The Kier molecular flexibility index (Phi) is 8.19. The molecule has 0 saturated carbocycles. The zero-order valence-electron chi connectivity index (χ0n) is 16.6. The van der Waals surface area contributed by atoms with Crippen LogP contribution in [0.2, 0.25) is 0 Å². The van der Waals surface area contributed by atoms with E-state index in [0.717, 1.165) is 36.2 Å². The van der Waals surface area contributed by atoms with E-state index in [1.165, 1.54) is 11.6 Å². The van der Waals surface area contributed by atoms with Crippen LogP contribution in [0.3, 0.4) is 0 Å². The molecule has 0 aliphatic heterocycles. The number of sulfonamides is 1. The number of hydrogen-bond acceptors (Lipinski definition) is 4. The third-order valence-electron chi connectivity index (χ3n) is 4.64. The molecule has 1 radical (unpaired) electrons. The maximum Gasteiger partial charge on any atom is 0.250 e. The van der Waals surface area contributed by atoms with Gasteiger partial charge >= 0.3 is 0 Å². The lowest BCUT2D eigenvalue weighted by Gasteiger charge is -2.18. The third-order valence-corrected chi connectivity index (χ3v) is 7.50. The SMILES string of the molecule is O=C(NCCCCc1ccccc1)C(Cc1cc[c]cc1)NS(=O)(=O)c1cccs1. The first-order valence-electron chi connectivity index (χ1n) is 9.87. The normalized spacial score (nSPS) is 12.4. The van der Waals surface area contributed by atoms with Crippen molar-refractivity contribution in [3.63, 3.8) is 0 Å². The quantitative estimate of drug-likeness (QED) is 0.447. The van der Waals surface area contributed by atoms with Crippen LogP contribution in [0.15, 0.2) is 76.3 Å². The molecule has 0 fully saturated rings. The average Bonchev–Trinajstić information content (AvgIpc) is 3.30. The summed E-state index contributed by atoms with van der Waals surface area (Å²) < 4.78 is 28.1. The molecular weight excluding hydrogens is 416 g/mol. The van der Waals surface area contributed by atoms with Crippen LogP contribution in [0.4, 0.5) is 0 Å². The van der Waals surface area contributed by atoms with E-state index in [1.807, 2.05) is 30.3 Å². The molecule has 30 heavy (non-hydrogen) atoms. The van der Waals surface area contributed by atoms with Crippen molar-refractivity contribution in [2.45, 2.75) is 35.9 Å². The number of aryl methyl sites for hydroxylation is 1. The highest BCUT2D eigenvalue weighted by atomic mass is 32.2. The topological polar surface area (TPSA) is 75.3 Å². The van der Waals surface area contributed by atoms with Gasteiger partial charge in [-0.3, -0.25) is 4.79 Å². The van der Waals surface area contributed by atoms with Gasteiger partial charge in [-0.2, -0.15) is 4.72 Å². The maximum absolute atomic E-state index is 12.8. The van der Waals surface area contributed by atoms with Crippen LogP contribution in [0.5, 0.6) is 0 Å². The number of carbonyl (C=O) groups is 1. The fraction of sp³-hybridized carbons (Fsp3) is 0.261. The van der Waals surface area contributed by atoms with E-state index >= 15 is 0 Å². The summed E-state index contributed by atoms with van der Waals surface area (Å²) in [5, 5.41) is 4.58. The molecule has 0 aliphatic carbocycles. The lowest BCUT2D eigenvalue weighted by atomic mass is 10.1. The van der Waals surface area contributed by atoms with Gasteiger partial charge in [0.25, 0.3) is 10.0 Å². The second kappa shape index (κ2) is 11.1.